The molecule has 0 bridgehead atoms. The standard InChI is InChI=1S/C22H21F3N4O2/c23-22(24,25)13-15-6-7-17-18(12-15)27-19(26-17)28-10-8-21(9-11-28)14-29(20(30)31-21)16-4-2-1-3-5-16/h1-7,12H,8-11,13-14H2,(H,26,27). The molecule has 1 aromatic heterocycles. The number of para-hydroxylation sites is 1. The average molecular weight is 430 g/mol. The molecular weight excluding hydrogens is 409 g/mol. The van der Waals surface area contributed by atoms with Crippen LogP contribution in [0.25, 0.3) is 11.0 Å². The molecule has 1 amide bonds. The van der Waals surface area contributed by atoms with Gasteiger partial charge >= 0.3 is 12.3 Å². The predicted octanol–water partition coefficient (Wildman–Crippen LogP) is 4.66. The Balaban J connectivity index is 1.28. The van der Waals surface area contributed by atoms with E-state index in [1.165, 1.54) is 12.1 Å². The highest BCUT2D eigenvalue weighted by atomic mass is 19.4. The van der Waals surface area contributed by atoms with Crippen molar-refractivity contribution in [2.24, 2.45) is 0 Å². The van der Waals surface area contributed by atoms with Gasteiger partial charge in [0.2, 0.25) is 5.95 Å². The number of imidazole rings is 1. The van der Waals surface area contributed by atoms with Gasteiger partial charge in [0, 0.05) is 31.6 Å². The van der Waals surface area contributed by atoms with E-state index in [4.69, 9.17) is 4.74 Å². The molecule has 0 radical (unpaired) electrons. The first-order valence-electron chi connectivity index (χ1n) is 10.2. The quantitative estimate of drug-likeness (QED) is 0.656. The fourth-order valence-electron chi connectivity index (χ4n) is 4.35. The average Bonchev–Trinajstić information content (AvgIpc) is 3.29. The number of rotatable bonds is 3. The molecule has 0 atom stereocenters. The largest absolute Gasteiger partial charge is 0.440 e. The molecule has 162 valence electrons. The third kappa shape index (κ3) is 3.92. The van der Waals surface area contributed by atoms with Crippen molar-refractivity contribution in [1.29, 1.82) is 0 Å². The van der Waals surface area contributed by atoms with Gasteiger partial charge in [-0.3, -0.25) is 4.90 Å². The minimum atomic E-state index is -4.25. The van der Waals surface area contributed by atoms with Gasteiger partial charge in [-0.1, -0.05) is 24.3 Å². The maximum atomic E-state index is 12.7. The molecule has 1 spiro atoms. The van der Waals surface area contributed by atoms with Crippen LogP contribution in [0, 0.1) is 0 Å². The van der Waals surface area contributed by atoms with Gasteiger partial charge in [-0.2, -0.15) is 13.2 Å². The first-order valence-corrected chi connectivity index (χ1v) is 10.2. The van der Waals surface area contributed by atoms with E-state index in [0.29, 0.717) is 49.5 Å². The molecule has 2 aliphatic heterocycles. The van der Waals surface area contributed by atoms with Crippen LogP contribution in [0.15, 0.2) is 48.5 Å². The number of carbonyl (C=O) groups excluding carboxylic acids is 1. The fraction of sp³-hybridized carbons (Fsp3) is 0.364. The number of alkyl halides is 3. The molecule has 0 saturated carbocycles. The summed E-state index contributed by atoms with van der Waals surface area (Å²) in [5, 5.41) is 0. The van der Waals surface area contributed by atoms with Crippen LogP contribution in [-0.4, -0.2) is 47.5 Å². The van der Waals surface area contributed by atoms with Crippen molar-refractivity contribution >= 4 is 28.8 Å². The number of nitrogens with one attached hydrogen (secondary N) is 1. The Labute approximate surface area is 176 Å². The number of ether oxygens (including phenoxy) is 1. The summed E-state index contributed by atoms with van der Waals surface area (Å²) in [6.45, 7) is 1.76. The number of halogens is 3. The minimum Gasteiger partial charge on any atom is -0.440 e. The molecule has 6 nitrogen and oxygen atoms in total. The van der Waals surface area contributed by atoms with E-state index in [1.54, 1.807) is 11.0 Å². The summed E-state index contributed by atoms with van der Waals surface area (Å²) in [5.41, 5.74) is 1.70. The first kappa shape index (κ1) is 19.7. The maximum absolute atomic E-state index is 12.7. The highest BCUT2D eigenvalue weighted by Crippen LogP contribution is 2.36. The maximum Gasteiger partial charge on any atom is 0.415 e. The van der Waals surface area contributed by atoms with Crippen LogP contribution in [-0.2, 0) is 11.2 Å². The van der Waals surface area contributed by atoms with Crippen LogP contribution in [0.3, 0.4) is 0 Å². The van der Waals surface area contributed by atoms with Gasteiger partial charge in [-0.15, -0.1) is 0 Å². The lowest BCUT2D eigenvalue weighted by Gasteiger charge is -2.37. The van der Waals surface area contributed by atoms with Crippen LogP contribution in [0.5, 0.6) is 0 Å². The van der Waals surface area contributed by atoms with E-state index >= 15 is 0 Å². The Hall–Kier alpha value is -3.23. The monoisotopic (exact) mass is 430 g/mol. The Morgan fingerprint density at radius 2 is 1.84 bits per heavy atom. The molecule has 3 aromatic rings. The van der Waals surface area contributed by atoms with Gasteiger partial charge in [0.05, 0.1) is 24.0 Å². The molecule has 0 aliphatic carbocycles. The van der Waals surface area contributed by atoms with Crippen LogP contribution >= 0.6 is 0 Å². The highest BCUT2D eigenvalue weighted by molar-refractivity contribution is 5.90. The summed E-state index contributed by atoms with van der Waals surface area (Å²) < 4.78 is 43.8. The number of amides is 1. The van der Waals surface area contributed by atoms with Gasteiger partial charge in [-0.05, 0) is 29.8 Å². The summed E-state index contributed by atoms with van der Waals surface area (Å²) in [5.74, 6) is 0.623. The van der Waals surface area contributed by atoms with Gasteiger partial charge in [0.1, 0.15) is 5.60 Å². The van der Waals surface area contributed by atoms with Gasteiger partial charge < -0.3 is 14.6 Å². The lowest BCUT2D eigenvalue weighted by atomic mass is 9.91. The zero-order chi connectivity index (χ0) is 21.6. The van der Waals surface area contributed by atoms with Crippen molar-refractivity contribution in [2.45, 2.75) is 31.0 Å². The Morgan fingerprint density at radius 1 is 1.10 bits per heavy atom. The molecule has 0 unspecified atom stereocenters. The zero-order valence-electron chi connectivity index (χ0n) is 16.7. The van der Waals surface area contributed by atoms with E-state index in [-0.39, 0.29) is 11.7 Å². The number of benzene rings is 2. The lowest BCUT2D eigenvalue weighted by Crippen LogP contribution is -2.47. The fourth-order valence-corrected chi connectivity index (χ4v) is 4.35. The van der Waals surface area contributed by atoms with Crippen LogP contribution in [0.2, 0.25) is 0 Å². The molecule has 9 heteroatoms. The summed E-state index contributed by atoms with van der Waals surface area (Å²) in [6, 6.07) is 14.0. The topological polar surface area (TPSA) is 61.5 Å². The second kappa shape index (κ2) is 7.18. The predicted molar refractivity (Wildman–Crippen MR) is 110 cm³/mol. The van der Waals surface area contributed by atoms with Crippen LogP contribution in [0.4, 0.5) is 29.6 Å². The second-order valence-corrected chi connectivity index (χ2v) is 8.16. The van der Waals surface area contributed by atoms with E-state index in [0.717, 1.165) is 5.69 Å². The van der Waals surface area contributed by atoms with Gasteiger partial charge in [-0.25, -0.2) is 9.78 Å². The van der Waals surface area contributed by atoms with Crippen LogP contribution < -0.4 is 9.80 Å². The number of anilines is 2. The molecule has 1 N–H and O–H groups in total. The molecule has 31 heavy (non-hydrogen) atoms. The van der Waals surface area contributed by atoms with Crippen LogP contribution in [0.1, 0.15) is 18.4 Å². The Kier molecular flexibility index (Phi) is 4.56. The molecule has 2 aromatic carbocycles. The summed E-state index contributed by atoms with van der Waals surface area (Å²) in [7, 11) is 0. The molecule has 5 rings (SSSR count). The molecule has 2 fully saturated rings. The van der Waals surface area contributed by atoms with Crippen molar-refractivity contribution < 1.29 is 22.7 Å². The SMILES string of the molecule is O=C1OC2(CCN(c3nc4ccc(CC(F)(F)F)cc4[nH]3)CC2)CN1c1ccccc1. The van der Waals surface area contributed by atoms with E-state index in [2.05, 4.69) is 9.97 Å². The number of H-pyrrole nitrogens is 1. The normalized spacial score (nSPS) is 18.7. The number of hydrogen-bond donors (Lipinski definition) is 1. The first-order chi connectivity index (χ1) is 14.8. The smallest absolute Gasteiger partial charge is 0.415 e. The summed E-state index contributed by atoms with van der Waals surface area (Å²) >= 11 is 0. The number of aromatic amines is 1. The van der Waals surface area contributed by atoms with E-state index in [1.807, 2.05) is 35.2 Å². The number of nitrogens with zero attached hydrogens (tertiary/aromatic N) is 3. The van der Waals surface area contributed by atoms with Crippen molar-refractivity contribution in [3.63, 3.8) is 0 Å². The van der Waals surface area contributed by atoms with Crippen molar-refractivity contribution in [3.8, 4) is 0 Å². The third-order valence-electron chi connectivity index (χ3n) is 5.95. The molecular formula is C22H21F3N4O2. The number of fused-ring (bicyclic) bond motifs is 1. The minimum absolute atomic E-state index is 0.201. The summed E-state index contributed by atoms with van der Waals surface area (Å²) in [4.78, 5) is 23.8. The molecule has 2 aliphatic rings. The van der Waals surface area contributed by atoms with Crippen molar-refractivity contribution in [3.05, 3.63) is 54.1 Å². The van der Waals surface area contributed by atoms with E-state index < -0.39 is 18.2 Å². The molecule has 2 saturated heterocycles. The Bertz CT molecular complexity index is 1100. The zero-order valence-corrected chi connectivity index (χ0v) is 16.7. The lowest BCUT2D eigenvalue weighted by molar-refractivity contribution is -0.127. The number of aromatic nitrogens is 2. The Morgan fingerprint density at radius 3 is 2.55 bits per heavy atom. The highest BCUT2D eigenvalue weighted by Gasteiger charge is 2.47. The molecule has 3 heterocycles. The van der Waals surface area contributed by atoms with E-state index in [9.17, 15) is 18.0 Å². The van der Waals surface area contributed by atoms with Crippen molar-refractivity contribution in [1.82, 2.24) is 9.97 Å². The second-order valence-electron chi connectivity index (χ2n) is 8.16. The van der Waals surface area contributed by atoms with Gasteiger partial charge in [0.25, 0.3) is 0 Å². The summed E-state index contributed by atoms with van der Waals surface area (Å²) in [6.07, 6.45) is -4.24. The third-order valence-corrected chi connectivity index (χ3v) is 5.95. The number of carbonyl (C=O) groups is 1. The van der Waals surface area contributed by atoms with Crippen molar-refractivity contribution in [2.75, 3.05) is 29.4 Å². The van der Waals surface area contributed by atoms with Gasteiger partial charge in [0.15, 0.2) is 0 Å². The number of piperidine rings is 1. The number of hydrogen-bond acceptors (Lipinski definition) is 4.